The lowest BCUT2D eigenvalue weighted by atomic mass is 9.69. The third kappa shape index (κ3) is 8.23. The van der Waals surface area contributed by atoms with Gasteiger partial charge in [-0.15, -0.1) is 0 Å². The molecule has 0 aromatic rings. The maximum Gasteiger partial charge on any atom is 0.0848 e. The van der Waals surface area contributed by atoms with Gasteiger partial charge in [0, 0.05) is 71.4 Å². The Balaban J connectivity index is 0.949. The Morgan fingerprint density at radius 2 is 1.21 bits per heavy atom. The van der Waals surface area contributed by atoms with Gasteiger partial charge >= 0.3 is 0 Å². The summed E-state index contributed by atoms with van der Waals surface area (Å²) in [5.41, 5.74) is 9.02. The minimum atomic E-state index is 0.0415. The van der Waals surface area contributed by atoms with Crippen molar-refractivity contribution >= 4 is 0 Å². The lowest BCUT2D eigenvalue weighted by Gasteiger charge is -2.56. The molecule has 0 aromatic heterocycles. The third-order valence-corrected chi connectivity index (χ3v) is 21.5. The highest BCUT2D eigenvalue weighted by molar-refractivity contribution is 5.33. The normalized spacial score (nSPS) is 45.1. The largest absolute Gasteiger partial charge is 0.370 e. The van der Waals surface area contributed by atoms with Crippen LogP contribution in [0.15, 0.2) is 46.2 Å². The Labute approximate surface area is 407 Å². The Hall–Kier alpha value is -1.95. The summed E-state index contributed by atoms with van der Waals surface area (Å²) in [6, 6.07) is 5.63. The van der Waals surface area contributed by atoms with Crippen molar-refractivity contribution in [2.45, 2.75) is 263 Å². The van der Waals surface area contributed by atoms with E-state index < -0.39 is 0 Å². The van der Waals surface area contributed by atoms with Gasteiger partial charge in [0.15, 0.2) is 0 Å². The van der Waals surface area contributed by atoms with Crippen LogP contribution in [0.25, 0.3) is 0 Å². The number of likely N-dealkylation sites (tertiary alicyclic amines) is 1. The van der Waals surface area contributed by atoms with Crippen molar-refractivity contribution in [3.63, 3.8) is 0 Å². The van der Waals surface area contributed by atoms with Crippen molar-refractivity contribution in [3.05, 3.63) is 46.2 Å². The van der Waals surface area contributed by atoms with E-state index in [-0.39, 0.29) is 35.2 Å². The van der Waals surface area contributed by atoms with E-state index in [9.17, 15) is 5.26 Å². The van der Waals surface area contributed by atoms with Gasteiger partial charge in [0.2, 0.25) is 0 Å². The van der Waals surface area contributed by atoms with Crippen LogP contribution < -0.4 is 16.0 Å². The molecule has 4 aliphatic heterocycles. The molecule has 7 fully saturated rings. The fourth-order valence-corrected chi connectivity index (χ4v) is 18.3. The summed E-state index contributed by atoms with van der Waals surface area (Å²) in [4.78, 5) is 6.31. The van der Waals surface area contributed by atoms with Crippen LogP contribution in [0.1, 0.15) is 202 Å². The molecule has 0 amide bonds. The fourth-order valence-electron chi connectivity index (χ4n) is 18.3. The monoisotopic (exact) mass is 913 g/mol. The Morgan fingerprint density at radius 3 is 1.91 bits per heavy atom. The minimum Gasteiger partial charge on any atom is -0.370 e. The molecule has 7 heteroatoms. The third-order valence-electron chi connectivity index (χ3n) is 21.5. The Kier molecular flexibility index (Phi) is 12.6. The highest BCUT2D eigenvalue weighted by atomic mass is 16.5. The number of fused-ring (bicyclic) bond motifs is 8. The first-order valence-electron chi connectivity index (χ1n) is 29.2. The van der Waals surface area contributed by atoms with Crippen molar-refractivity contribution in [3.8, 4) is 6.07 Å². The molecule has 7 nitrogen and oxygen atoms in total. The van der Waals surface area contributed by atoms with Gasteiger partial charge in [0.1, 0.15) is 0 Å². The van der Waals surface area contributed by atoms with Crippen LogP contribution in [0.2, 0.25) is 0 Å². The number of hydrogen-bond donors (Lipinski definition) is 3. The van der Waals surface area contributed by atoms with Crippen molar-refractivity contribution in [1.29, 1.82) is 5.26 Å². The number of ether oxygens (including phenoxy) is 1. The van der Waals surface area contributed by atoms with Gasteiger partial charge in [-0.2, -0.15) is 5.26 Å². The molecule has 8 aliphatic carbocycles. The molecule has 67 heavy (non-hydrogen) atoms. The summed E-state index contributed by atoms with van der Waals surface area (Å²) in [6.07, 6.45) is 41.8. The summed E-state index contributed by atoms with van der Waals surface area (Å²) in [5.74, 6) is 3.98. The maximum atomic E-state index is 11.7. The molecule has 0 radical (unpaired) electrons. The number of nitrogens with one attached hydrogen (secondary N) is 3. The molecule has 4 saturated carbocycles. The summed E-state index contributed by atoms with van der Waals surface area (Å²) < 4.78 is 7.23. The SMILES string of the molecule is CC(C)(C)C1=CC2C3C=C(C(C)(C)C)CCC3N(C3CC(N4C5=C(CCCC5)C5CCCCC54)C(C#N)CC3C3NC(C4CCCCC4)NC(C4CCC=C5C6CCCCC6OC54)N3)C2CC1. The Morgan fingerprint density at radius 1 is 0.582 bits per heavy atom. The van der Waals surface area contributed by atoms with Crippen LogP contribution in [0.3, 0.4) is 0 Å². The summed E-state index contributed by atoms with van der Waals surface area (Å²) in [5, 5.41) is 25.1. The highest BCUT2D eigenvalue weighted by Crippen LogP contribution is 2.57. The van der Waals surface area contributed by atoms with E-state index in [1.165, 1.54) is 148 Å². The number of hydrogen-bond acceptors (Lipinski definition) is 7. The zero-order valence-electron chi connectivity index (χ0n) is 43.1. The smallest absolute Gasteiger partial charge is 0.0848 e. The topological polar surface area (TPSA) is 75.6 Å². The number of nitriles is 1. The van der Waals surface area contributed by atoms with Gasteiger partial charge in [0.05, 0.1) is 42.7 Å². The van der Waals surface area contributed by atoms with Crippen LogP contribution in [0.5, 0.6) is 0 Å². The second-order valence-corrected chi connectivity index (χ2v) is 27.0. The molecule has 3 saturated heterocycles. The molecule has 12 aliphatic rings. The second kappa shape index (κ2) is 18.3. The minimum absolute atomic E-state index is 0.0415. The van der Waals surface area contributed by atoms with E-state index in [2.05, 4.69) is 91.6 Å². The predicted octanol–water partition coefficient (Wildman–Crippen LogP) is 12.4. The molecule has 4 heterocycles. The molecular weight excluding hydrogens is 821 g/mol. The molecule has 3 N–H and O–H groups in total. The van der Waals surface area contributed by atoms with Gasteiger partial charge < -0.3 is 9.64 Å². The molecule has 0 spiro atoms. The van der Waals surface area contributed by atoms with Crippen LogP contribution in [0, 0.1) is 69.5 Å². The average molecular weight is 913 g/mol. The van der Waals surface area contributed by atoms with Crippen LogP contribution in [0.4, 0.5) is 0 Å². The molecule has 368 valence electrons. The van der Waals surface area contributed by atoms with E-state index in [4.69, 9.17) is 4.74 Å². The van der Waals surface area contributed by atoms with Crippen molar-refractivity contribution in [2.75, 3.05) is 0 Å². The summed E-state index contributed by atoms with van der Waals surface area (Å²) in [6.45, 7) is 14.8. The first kappa shape index (κ1) is 46.1. The molecule has 0 bridgehead atoms. The first-order valence-corrected chi connectivity index (χ1v) is 29.2. The van der Waals surface area contributed by atoms with Gasteiger partial charge in [-0.1, -0.05) is 116 Å². The lowest BCUT2D eigenvalue weighted by Crippen LogP contribution is -2.75. The van der Waals surface area contributed by atoms with Crippen molar-refractivity contribution in [2.24, 2.45) is 58.2 Å². The van der Waals surface area contributed by atoms with Crippen LogP contribution in [-0.4, -0.2) is 70.7 Å². The molecule has 12 rings (SSSR count). The number of rotatable bonds is 5. The van der Waals surface area contributed by atoms with Crippen LogP contribution >= 0.6 is 0 Å². The highest BCUT2D eigenvalue weighted by Gasteiger charge is 2.59. The Bertz CT molecular complexity index is 1960. The lowest BCUT2D eigenvalue weighted by molar-refractivity contribution is -0.0543. The number of allylic oxidation sites excluding steroid dienone is 4. The average Bonchev–Trinajstić information content (AvgIpc) is 4.00. The van der Waals surface area contributed by atoms with Crippen LogP contribution in [-0.2, 0) is 4.74 Å². The number of nitrogens with zero attached hydrogens (tertiary/aromatic N) is 3. The van der Waals surface area contributed by atoms with E-state index in [1.54, 1.807) is 22.4 Å². The van der Waals surface area contributed by atoms with Gasteiger partial charge in [-0.3, -0.25) is 20.9 Å². The van der Waals surface area contributed by atoms with E-state index in [0.717, 1.165) is 18.8 Å². The molecule has 17 unspecified atom stereocenters. The maximum absolute atomic E-state index is 11.7. The van der Waals surface area contributed by atoms with Gasteiger partial charge in [-0.05, 0) is 143 Å². The van der Waals surface area contributed by atoms with E-state index >= 15 is 0 Å². The zero-order chi connectivity index (χ0) is 45.8. The molecule has 17 atom stereocenters. The molecule has 0 aromatic carbocycles. The molecular formula is C60H92N6O. The first-order chi connectivity index (χ1) is 32.4. The standard InChI is InChI=1S/C60H92N6O/c1-59(2,3)38-27-29-50-45(32-38)46-33-39(60(4,5)6)28-30-51(46)66(50)53-34-52(65-48-24-13-10-19-40(48)41-20-11-14-25-49(41)65)37(35-61)31-47(53)58-63-56(36-17-8-7-9-18-36)62-57(64-58)44-23-16-22-43-42-21-12-15-26-54(42)67-55(43)44/h22,32-33,36-37,40,42,44-48,50-58,62-64H,7-21,23-31,34H2,1-6H3. The fraction of sp³-hybridized carbons (Fsp3) is 0.850. The zero-order valence-corrected chi connectivity index (χ0v) is 43.1. The van der Waals surface area contributed by atoms with Crippen molar-refractivity contribution in [1.82, 2.24) is 25.8 Å². The second-order valence-electron chi connectivity index (χ2n) is 27.0. The van der Waals surface area contributed by atoms with Crippen molar-refractivity contribution < 1.29 is 4.74 Å². The quantitative estimate of drug-likeness (QED) is 0.237. The van der Waals surface area contributed by atoms with Gasteiger partial charge in [-0.25, -0.2) is 0 Å². The van der Waals surface area contributed by atoms with E-state index in [1.807, 2.05) is 5.57 Å². The summed E-state index contributed by atoms with van der Waals surface area (Å²) >= 11 is 0. The van der Waals surface area contributed by atoms with E-state index in [0.29, 0.717) is 78.0 Å². The summed E-state index contributed by atoms with van der Waals surface area (Å²) in [7, 11) is 0. The predicted molar refractivity (Wildman–Crippen MR) is 271 cm³/mol. The van der Waals surface area contributed by atoms with Gasteiger partial charge in [0.25, 0.3) is 0 Å².